The van der Waals surface area contributed by atoms with Crippen molar-refractivity contribution in [2.45, 2.75) is 91.3 Å². The molecule has 0 aromatic heterocycles. The number of allylic oxidation sites excluding steroid dienone is 1. The Bertz CT molecular complexity index is 696. The molecule has 3 heteroatoms. The van der Waals surface area contributed by atoms with Crippen molar-refractivity contribution in [2.24, 2.45) is 40.4 Å². The van der Waals surface area contributed by atoms with E-state index in [2.05, 4.69) is 33.4 Å². The Morgan fingerprint density at radius 2 is 2.00 bits per heavy atom. The Morgan fingerprint density at radius 1 is 1.24 bits per heavy atom. The van der Waals surface area contributed by atoms with Crippen LogP contribution in [0.3, 0.4) is 0 Å². The average molecular weight is 401 g/mol. The van der Waals surface area contributed by atoms with Gasteiger partial charge in [0.2, 0.25) is 0 Å². The van der Waals surface area contributed by atoms with Crippen molar-refractivity contribution in [3.05, 3.63) is 24.3 Å². The van der Waals surface area contributed by atoms with Crippen LogP contribution in [0.15, 0.2) is 24.3 Å². The molecule has 1 unspecified atom stereocenters. The Balaban J connectivity index is 1.56. The van der Waals surface area contributed by atoms with E-state index in [4.69, 9.17) is 4.74 Å². The molecule has 4 aliphatic rings. The molecule has 3 fully saturated rings. The minimum absolute atomic E-state index is 0.0781. The van der Waals surface area contributed by atoms with E-state index in [1.807, 2.05) is 0 Å². The lowest BCUT2D eigenvalue weighted by Gasteiger charge is -2.58. The number of aliphatic hydroxyl groups excluding tert-OH is 1. The van der Waals surface area contributed by atoms with Crippen LogP contribution in [0.5, 0.6) is 0 Å². The monoisotopic (exact) mass is 400 g/mol. The fourth-order valence-corrected chi connectivity index (χ4v) is 8.32. The van der Waals surface area contributed by atoms with Crippen molar-refractivity contribution < 1.29 is 14.6 Å². The lowest BCUT2D eigenvalue weighted by Crippen LogP contribution is -2.51. The van der Waals surface area contributed by atoms with Crippen LogP contribution in [-0.4, -0.2) is 23.3 Å². The molecule has 9 atom stereocenters. The van der Waals surface area contributed by atoms with Gasteiger partial charge in [0.05, 0.1) is 6.10 Å². The first-order valence-electron chi connectivity index (χ1n) is 11.9. The Hall–Kier alpha value is -1.09. The summed E-state index contributed by atoms with van der Waals surface area (Å²) in [6.07, 6.45) is 13.4. The molecule has 162 valence electrons. The normalized spacial score (nSPS) is 45.8. The molecule has 4 aliphatic carbocycles. The zero-order valence-corrected chi connectivity index (χ0v) is 18.8. The molecule has 1 N–H and O–H groups in total. The molecule has 0 spiro atoms. The zero-order chi connectivity index (χ0) is 21.0. The highest BCUT2D eigenvalue weighted by atomic mass is 16.5. The van der Waals surface area contributed by atoms with Gasteiger partial charge in [0, 0.05) is 13.3 Å². The van der Waals surface area contributed by atoms with Crippen LogP contribution in [0.2, 0.25) is 0 Å². The van der Waals surface area contributed by atoms with Crippen LogP contribution in [0, 0.1) is 40.4 Å². The number of esters is 1. The second-order valence-corrected chi connectivity index (χ2v) is 11.0. The van der Waals surface area contributed by atoms with Gasteiger partial charge in [-0.3, -0.25) is 4.79 Å². The quantitative estimate of drug-likeness (QED) is 0.488. The number of carbonyl (C=O) groups excluding carboxylic acids is 1. The van der Waals surface area contributed by atoms with Crippen LogP contribution >= 0.6 is 0 Å². The third-order valence-corrected chi connectivity index (χ3v) is 9.88. The summed E-state index contributed by atoms with van der Waals surface area (Å²) in [4.78, 5) is 11.4. The van der Waals surface area contributed by atoms with Crippen molar-refractivity contribution >= 4 is 5.97 Å². The number of fused-ring (bicyclic) bond motifs is 5. The predicted molar refractivity (Wildman–Crippen MR) is 116 cm³/mol. The molecule has 0 aromatic carbocycles. The van der Waals surface area contributed by atoms with Gasteiger partial charge < -0.3 is 9.84 Å². The fourth-order valence-electron chi connectivity index (χ4n) is 8.32. The number of hydrogen-bond acceptors (Lipinski definition) is 3. The standard InChI is InChI=1S/C26H40O3/c1-6-24(28)16(2)21-9-10-22-20-8-7-18-15-19(29-17(3)27)11-13-25(18,4)23(20)12-14-26(21,22)5/h6-7,16,19-24,28H,1,8-15H2,2-5H3/t16-,19-,20-,21+,22-,23-,24?,25-,26+/m0/s1. The van der Waals surface area contributed by atoms with E-state index in [9.17, 15) is 9.90 Å². The van der Waals surface area contributed by atoms with E-state index < -0.39 is 0 Å². The van der Waals surface area contributed by atoms with Gasteiger partial charge in [-0.2, -0.15) is 0 Å². The smallest absolute Gasteiger partial charge is 0.302 e. The van der Waals surface area contributed by atoms with Crippen LogP contribution in [0.1, 0.15) is 79.1 Å². The molecule has 0 aromatic rings. The van der Waals surface area contributed by atoms with Crippen molar-refractivity contribution in [1.29, 1.82) is 0 Å². The van der Waals surface area contributed by atoms with Crippen LogP contribution in [-0.2, 0) is 9.53 Å². The molecular formula is C26H40O3. The van der Waals surface area contributed by atoms with Gasteiger partial charge >= 0.3 is 5.97 Å². The number of carbonyl (C=O) groups is 1. The summed E-state index contributed by atoms with van der Waals surface area (Å²) in [6.45, 7) is 12.6. The average Bonchev–Trinajstić information content (AvgIpc) is 3.03. The Labute approximate surface area is 177 Å². The van der Waals surface area contributed by atoms with Crippen LogP contribution in [0.25, 0.3) is 0 Å². The van der Waals surface area contributed by atoms with Gasteiger partial charge in [0.15, 0.2) is 0 Å². The highest BCUT2D eigenvalue weighted by Gasteiger charge is 2.59. The van der Waals surface area contributed by atoms with Crippen molar-refractivity contribution in [3.8, 4) is 0 Å². The third-order valence-electron chi connectivity index (χ3n) is 9.88. The molecule has 3 saturated carbocycles. The molecule has 3 nitrogen and oxygen atoms in total. The van der Waals surface area contributed by atoms with E-state index in [1.165, 1.54) is 39.0 Å². The van der Waals surface area contributed by atoms with Gasteiger partial charge in [-0.15, -0.1) is 6.58 Å². The minimum atomic E-state index is -0.389. The number of rotatable bonds is 4. The lowest BCUT2D eigenvalue weighted by molar-refractivity contribution is -0.148. The van der Waals surface area contributed by atoms with Gasteiger partial charge in [-0.25, -0.2) is 0 Å². The molecule has 0 heterocycles. The van der Waals surface area contributed by atoms with E-state index in [0.29, 0.717) is 17.3 Å². The van der Waals surface area contributed by atoms with E-state index in [1.54, 1.807) is 11.6 Å². The first-order chi connectivity index (χ1) is 13.7. The summed E-state index contributed by atoms with van der Waals surface area (Å²) < 4.78 is 5.57. The summed E-state index contributed by atoms with van der Waals surface area (Å²) >= 11 is 0. The van der Waals surface area contributed by atoms with Crippen molar-refractivity contribution in [3.63, 3.8) is 0 Å². The summed E-state index contributed by atoms with van der Waals surface area (Å²) in [5, 5.41) is 10.4. The molecule has 0 radical (unpaired) electrons. The SMILES string of the molecule is C=CC(O)[C@@H](C)[C@H]1CC[C@H]2[C@@H]3CC=C4C[C@@H](OC(C)=O)CC[C@]4(C)[C@H]3CC[C@]12C. The van der Waals surface area contributed by atoms with E-state index in [0.717, 1.165) is 37.0 Å². The predicted octanol–water partition coefficient (Wildman–Crippen LogP) is 5.68. The summed E-state index contributed by atoms with van der Waals surface area (Å²) in [5.74, 6) is 3.05. The minimum Gasteiger partial charge on any atom is -0.462 e. The molecule has 0 aliphatic heterocycles. The van der Waals surface area contributed by atoms with Gasteiger partial charge in [0.25, 0.3) is 0 Å². The molecule has 4 rings (SSSR count). The maximum Gasteiger partial charge on any atom is 0.302 e. The van der Waals surface area contributed by atoms with E-state index in [-0.39, 0.29) is 23.6 Å². The summed E-state index contributed by atoms with van der Waals surface area (Å²) in [6, 6.07) is 0. The molecular weight excluding hydrogens is 360 g/mol. The third kappa shape index (κ3) is 3.32. The van der Waals surface area contributed by atoms with Crippen molar-refractivity contribution in [1.82, 2.24) is 0 Å². The van der Waals surface area contributed by atoms with Crippen LogP contribution < -0.4 is 0 Å². The molecule has 0 bridgehead atoms. The van der Waals surface area contributed by atoms with Crippen LogP contribution in [0.4, 0.5) is 0 Å². The van der Waals surface area contributed by atoms with Gasteiger partial charge in [-0.1, -0.05) is 38.5 Å². The first-order valence-corrected chi connectivity index (χ1v) is 11.9. The van der Waals surface area contributed by atoms with Gasteiger partial charge in [0.1, 0.15) is 6.10 Å². The molecule has 0 amide bonds. The number of hydrogen-bond donors (Lipinski definition) is 1. The second kappa shape index (κ2) is 7.55. The highest BCUT2D eigenvalue weighted by Crippen LogP contribution is 2.67. The topological polar surface area (TPSA) is 46.5 Å². The molecule has 29 heavy (non-hydrogen) atoms. The molecule has 0 saturated heterocycles. The maximum absolute atomic E-state index is 11.4. The highest BCUT2D eigenvalue weighted by molar-refractivity contribution is 5.66. The Morgan fingerprint density at radius 3 is 2.69 bits per heavy atom. The number of ether oxygens (including phenoxy) is 1. The first kappa shape index (κ1) is 21.2. The second-order valence-electron chi connectivity index (χ2n) is 11.0. The summed E-state index contributed by atoms with van der Waals surface area (Å²) in [5.41, 5.74) is 2.19. The zero-order valence-electron chi connectivity index (χ0n) is 18.8. The summed E-state index contributed by atoms with van der Waals surface area (Å²) in [7, 11) is 0. The largest absolute Gasteiger partial charge is 0.462 e. The van der Waals surface area contributed by atoms with E-state index >= 15 is 0 Å². The Kier molecular flexibility index (Phi) is 5.51. The maximum atomic E-state index is 11.4. The number of aliphatic hydroxyl groups is 1. The van der Waals surface area contributed by atoms with Crippen molar-refractivity contribution in [2.75, 3.05) is 0 Å². The lowest BCUT2D eigenvalue weighted by atomic mass is 9.47. The van der Waals surface area contributed by atoms with Gasteiger partial charge in [-0.05, 0) is 85.4 Å². The fraction of sp³-hybridized carbons (Fsp3) is 0.808.